The maximum absolute atomic E-state index is 11.2. The van der Waals surface area contributed by atoms with E-state index in [9.17, 15) is 4.79 Å². The Kier molecular flexibility index (Phi) is 2.36. The topological polar surface area (TPSA) is 29.1 Å². The van der Waals surface area contributed by atoms with Gasteiger partial charge >= 0.3 is 0 Å². The third-order valence-corrected chi connectivity index (χ3v) is 2.68. The predicted octanol–water partition coefficient (Wildman–Crippen LogP) is 1.85. The van der Waals surface area contributed by atoms with E-state index < -0.39 is 0 Å². The van der Waals surface area contributed by atoms with Crippen molar-refractivity contribution < 1.29 is 4.79 Å². The van der Waals surface area contributed by atoms with E-state index in [-0.39, 0.29) is 5.91 Å². The van der Waals surface area contributed by atoms with Crippen LogP contribution in [0.15, 0.2) is 35.2 Å². The van der Waals surface area contributed by atoms with E-state index in [4.69, 9.17) is 0 Å². The molecular formula is C10H9NOS. The number of carbonyl (C=O) groups is 1. The van der Waals surface area contributed by atoms with Gasteiger partial charge < -0.3 is 5.32 Å². The van der Waals surface area contributed by atoms with Crippen molar-refractivity contribution in [1.82, 2.24) is 5.32 Å². The fourth-order valence-corrected chi connectivity index (χ4v) is 1.92. The van der Waals surface area contributed by atoms with Gasteiger partial charge in [0.15, 0.2) is 0 Å². The highest BCUT2D eigenvalue weighted by atomic mass is 32.2. The van der Waals surface area contributed by atoms with Crippen LogP contribution in [-0.2, 0) is 4.79 Å². The average Bonchev–Trinajstić information content (AvgIpc) is 2.54. The minimum atomic E-state index is 0.0360. The number of carbonyl (C=O) groups excluding carboxylic acids is 1. The summed E-state index contributed by atoms with van der Waals surface area (Å²) in [5, 5.41) is 2.75. The number of benzene rings is 1. The summed E-state index contributed by atoms with van der Waals surface area (Å²) in [5.41, 5.74) is 1.07. The van der Waals surface area contributed by atoms with Crippen molar-refractivity contribution in [3.8, 4) is 0 Å². The molecule has 1 amide bonds. The molecule has 0 radical (unpaired) electrons. The highest BCUT2D eigenvalue weighted by Crippen LogP contribution is 2.22. The Balaban J connectivity index is 2.25. The van der Waals surface area contributed by atoms with Crippen LogP contribution in [0.25, 0.3) is 6.08 Å². The number of rotatable bonds is 1. The fourth-order valence-electron chi connectivity index (χ4n) is 1.14. The molecule has 2 rings (SSSR count). The molecular weight excluding hydrogens is 182 g/mol. The maximum atomic E-state index is 11.2. The molecule has 1 saturated heterocycles. The number of thioether (sulfide) groups is 1. The molecule has 1 N–H and O–H groups in total. The van der Waals surface area contributed by atoms with E-state index in [1.807, 2.05) is 36.4 Å². The molecule has 1 heterocycles. The third-order valence-electron chi connectivity index (χ3n) is 1.78. The van der Waals surface area contributed by atoms with Gasteiger partial charge in [-0.05, 0) is 11.6 Å². The van der Waals surface area contributed by atoms with Crippen LogP contribution in [0.2, 0.25) is 0 Å². The summed E-state index contributed by atoms with van der Waals surface area (Å²) >= 11 is 1.55. The summed E-state index contributed by atoms with van der Waals surface area (Å²) < 4.78 is 0. The normalized spacial score (nSPS) is 19.1. The van der Waals surface area contributed by atoms with Crippen molar-refractivity contribution in [3.63, 3.8) is 0 Å². The molecule has 1 fully saturated rings. The monoisotopic (exact) mass is 191 g/mol. The lowest BCUT2D eigenvalue weighted by molar-refractivity contribution is -0.116. The van der Waals surface area contributed by atoms with Crippen molar-refractivity contribution in [3.05, 3.63) is 40.8 Å². The number of amides is 1. The first-order valence-electron chi connectivity index (χ1n) is 4.04. The smallest absolute Gasteiger partial charge is 0.258 e. The van der Waals surface area contributed by atoms with Crippen LogP contribution in [0.4, 0.5) is 0 Å². The molecule has 0 aromatic heterocycles. The second kappa shape index (κ2) is 3.66. The van der Waals surface area contributed by atoms with Gasteiger partial charge in [0.05, 0.1) is 10.8 Å². The summed E-state index contributed by atoms with van der Waals surface area (Å²) in [7, 11) is 0. The zero-order chi connectivity index (χ0) is 9.10. The lowest BCUT2D eigenvalue weighted by atomic mass is 10.2. The van der Waals surface area contributed by atoms with Gasteiger partial charge in [-0.3, -0.25) is 4.79 Å². The van der Waals surface area contributed by atoms with E-state index in [1.165, 1.54) is 0 Å². The first kappa shape index (κ1) is 8.38. The van der Waals surface area contributed by atoms with Crippen molar-refractivity contribution in [2.75, 3.05) is 5.88 Å². The van der Waals surface area contributed by atoms with Crippen LogP contribution < -0.4 is 5.32 Å². The molecule has 1 aliphatic rings. The van der Waals surface area contributed by atoms with Gasteiger partial charge in [0.25, 0.3) is 5.91 Å². The quantitative estimate of drug-likeness (QED) is 0.686. The molecule has 0 spiro atoms. The van der Waals surface area contributed by atoms with Crippen LogP contribution in [0, 0.1) is 0 Å². The molecule has 0 unspecified atom stereocenters. The Morgan fingerprint density at radius 1 is 1.31 bits per heavy atom. The Bertz CT molecular complexity index is 345. The van der Waals surface area contributed by atoms with E-state index in [0.717, 1.165) is 10.5 Å². The number of hydrogen-bond donors (Lipinski definition) is 1. The van der Waals surface area contributed by atoms with Crippen molar-refractivity contribution in [2.45, 2.75) is 0 Å². The lowest BCUT2D eigenvalue weighted by Crippen LogP contribution is -2.13. The minimum Gasteiger partial charge on any atom is -0.342 e. The van der Waals surface area contributed by atoms with Crippen LogP contribution in [0.1, 0.15) is 5.56 Å². The molecule has 1 aromatic rings. The summed E-state index contributed by atoms with van der Waals surface area (Å²) in [4.78, 5) is 12.0. The standard InChI is InChI=1S/C10H9NOS/c12-10-9(13-7-11-10)6-8-4-2-1-3-5-8/h1-6H,7H2,(H,11,12). The van der Waals surface area contributed by atoms with E-state index in [2.05, 4.69) is 5.32 Å². The average molecular weight is 191 g/mol. The first-order valence-corrected chi connectivity index (χ1v) is 5.02. The highest BCUT2D eigenvalue weighted by molar-refractivity contribution is 8.04. The summed E-state index contributed by atoms with van der Waals surface area (Å²) in [6.45, 7) is 0. The third kappa shape index (κ3) is 1.92. The molecule has 0 atom stereocenters. The molecule has 0 saturated carbocycles. The molecule has 13 heavy (non-hydrogen) atoms. The fraction of sp³-hybridized carbons (Fsp3) is 0.100. The number of nitrogens with one attached hydrogen (secondary N) is 1. The van der Waals surface area contributed by atoms with Gasteiger partial charge in [0, 0.05) is 0 Å². The zero-order valence-corrected chi connectivity index (χ0v) is 7.80. The molecule has 1 aromatic carbocycles. The molecule has 66 valence electrons. The van der Waals surface area contributed by atoms with Crippen LogP contribution in [0.5, 0.6) is 0 Å². The van der Waals surface area contributed by atoms with Crippen LogP contribution >= 0.6 is 11.8 Å². The predicted molar refractivity (Wildman–Crippen MR) is 55.0 cm³/mol. The molecule has 0 bridgehead atoms. The lowest BCUT2D eigenvalue weighted by Gasteiger charge is -1.93. The largest absolute Gasteiger partial charge is 0.342 e. The van der Waals surface area contributed by atoms with Gasteiger partial charge in [-0.15, -0.1) is 0 Å². The van der Waals surface area contributed by atoms with Gasteiger partial charge in [-0.2, -0.15) is 0 Å². The summed E-state index contributed by atoms with van der Waals surface area (Å²) in [6.07, 6.45) is 1.91. The summed E-state index contributed by atoms with van der Waals surface area (Å²) in [6, 6.07) is 9.86. The van der Waals surface area contributed by atoms with Crippen LogP contribution in [-0.4, -0.2) is 11.8 Å². The van der Waals surface area contributed by atoms with Crippen molar-refractivity contribution >= 4 is 23.7 Å². The van der Waals surface area contributed by atoms with E-state index >= 15 is 0 Å². The van der Waals surface area contributed by atoms with Crippen LogP contribution in [0.3, 0.4) is 0 Å². The van der Waals surface area contributed by atoms with Gasteiger partial charge in [-0.1, -0.05) is 42.1 Å². The molecule has 3 heteroatoms. The summed E-state index contributed by atoms with van der Waals surface area (Å²) in [5.74, 6) is 0.728. The Hall–Kier alpha value is -1.22. The minimum absolute atomic E-state index is 0.0360. The van der Waals surface area contributed by atoms with Crippen molar-refractivity contribution in [1.29, 1.82) is 0 Å². The van der Waals surface area contributed by atoms with Gasteiger partial charge in [0.2, 0.25) is 0 Å². The maximum Gasteiger partial charge on any atom is 0.258 e. The number of hydrogen-bond acceptors (Lipinski definition) is 2. The van der Waals surface area contributed by atoms with Gasteiger partial charge in [-0.25, -0.2) is 0 Å². The highest BCUT2D eigenvalue weighted by Gasteiger charge is 2.16. The Labute approximate surface area is 81.0 Å². The van der Waals surface area contributed by atoms with E-state index in [0.29, 0.717) is 5.88 Å². The molecule has 0 aliphatic carbocycles. The van der Waals surface area contributed by atoms with E-state index in [1.54, 1.807) is 11.8 Å². The molecule has 2 nitrogen and oxygen atoms in total. The first-order chi connectivity index (χ1) is 6.36. The Morgan fingerprint density at radius 3 is 2.69 bits per heavy atom. The molecule has 1 aliphatic heterocycles. The zero-order valence-electron chi connectivity index (χ0n) is 6.99. The second-order valence-corrected chi connectivity index (χ2v) is 3.73. The van der Waals surface area contributed by atoms with Crippen molar-refractivity contribution in [2.24, 2.45) is 0 Å². The Morgan fingerprint density at radius 2 is 2.08 bits per heavy atom. The van der Waals surface area contributed by atoms with Gasteiger partial charge in [0.1, 0.15) is 0 Å². The second-order valence-electron chi connectivity index (χ2n) is 2.71. The SMILES string of the molecule is O=C1NCSC1=Cc1ccccc1.